The van der Waals surface area contributed by atoms with Gasteiger partial charge in [0, 0.05) is 28.7 Å². The lowest BCUT2D eigenvalue weighted by atomic mass is 9.89. The predicted molar refractivity (Wildman–Crippen MR) is 163 cm³/mol. The molecule has 0 aliphatic heterocycles. The van der Waals surface area contributed by atoms with Crippen LogP contribution in [-0.2, 0) is 20.7 Å². The number of carbonyl (C=O) groups excluding carboxylic acids is 3. The normalized spacial score (nSPS) is 14.1. The average molecular weight is 645 g/mol. The van der Waals surface area contributed by atoms with Gasteiger partial charge in [0.25, 0.3) is 0 Å². The van der Waals surface area contributed by atoms with Crippen LogP contribution in [0, 0.1) is 5.92 Å². The van der Waals surface area contributed by atoms with Crippen LogP contribution < -0.4 is 21.7 Å². The Kier molecular flexibility index (Phi) is 12.3. The molecule has 0 bridgehead atoms. The Balaban J connectivity index is 0.000000274. The number of halogens is 1. The number of carbonyl (C=O) groups is 3. The Labute approximate surface area is 253 Å². The fraction of sp³-hybridized carbons (Fsp3) is 0.433. The molecular weight excluding hydrogens is 606 g/mol. The van der Waals surface area contributed by atoms with E-state index in [0.29, 0.717) is 35.8 Å². The maximum atomic E-state index is 12.5. The molecule has 1 atom stereocenters. The molecule has 1 aromatic heterocycles. The number of rotatable bonds is 9. The van der Waals surface area contributed by atoms with Crippen LogP contribution in [0.25, 0.3) is 11.4 Å². The third kappa shape index (κ3) is 11.5. The van der Waals surface area contributed by atoms with Gasteiger partial charge in [-0.2, -0.15) is 0 Å². The molecule has 1 aliphatic carbocycles. The summed E-state index contributed by atoms with van der Waals surface area (Å²) in [5.74, 6) is -0.0226. The molecule has 3 amide bonds. The maximum absolute atomic E-state index is 12.5. The van der Waals surface area contributed by atoms with E-state index in [1.54, 1.807) is 24.3 Å². The first kappa shape index (κ1) is 32.6. The topological polar surface area (TPSA) is 155 Å². The molecule has 42 heavy (non-hydrogen) atoms. The van der Waals surface area contributed by atoms with Gasteiger partial charge in [-0.25, -0.2) is 9.59 Å². The number of nitrogens with one attached hydrogen (secondary N) is 4. The van der Waals surface area contributed by atoms with Crippen molar-refractivity contribution in [2.45, 2.75) is 70.9 Å². The van der Waals surface area contributed by atoms with Crippen LogP contribution in [0.5, 0.6) is 0 Å². The van der Waals surface area contributed by atoms with Gasteiger partial charge >= 0.3 is 11.8 Å². The number of ether oxygens (including phenoxy) is 1. The zero-order valence-corrected chi connectivity index (χ0v) is 25.7. The van der Waals surface area contributed by atoms with E-state index in [0.717, 1.165) is 16.6 Å². The van der Waals surface area contributed by atoms with Crippen LogP contribution in [0.2, 0.25) is 0 Å². The number of aromatic nitrogens is 2. The molecule has 0 saturated heterocycles. The van der Waals surface area contributed by atoms with Crippen molar-refractivity contribution in [3.05, 3.63) is 69.1 Å². The molecular formula is C30H38BrN5O6. The molecule has 4 rings (SSSR count). The molecule has 226 valence electrons. The Morgan fingerprint density at radius 1 is 1.10 bits per heavy atom. The molecule has 1 fully saturated rings. The summed E-state index contributed by atoms with van der Waals surface area (Å²) >= 11 is 3.36. The Morgan fingerprint density at radius 3 is 2.33 bits per heavy atom. The molecule has 0 unspecified atom stereocenters. The second kappa shape index (κ2) is 15.9. The fourth-order valence-corrected chi connectivity index (χ4v) is 4.66. The van der Waals surface area contributed by atoms with Crippen molar-refractivity contribution in [2.75, 3.05) is 11.9 Å². The number of hydrogen-bond donors (Lipinski definition) is 4. The number of alkyl carbamates (subject to hydrolysis) is 1. The zero-order valence-electron chi connectivity index (χ0n) is 24.1. The van der Waals surface area contributed by atoms with E-state index < -0.39 is 17.4 Å². The monoisotopic (exact) mass is 643 g/mol. The van der Waals surface area contributed by atoms with Crippen LogP contribution in [0.3, 0.4) is 0 Å². The van der Waals surface area contributed by atoms with E-state index in [1.165, 1.54) is 32.1 Å². The van der Waals surface area contributed by atoms with Crippen LogP contribution >= 0.6 is 15.9 Å². The summed E-state index contributed by atoms with van der Waals surface area (Å²) in [5, 5.41) is 11.7. The van der Waals surface area contributed by atoms with E-state index in [2.05, 4.69) is 46.5 Å². The summed E-state index contributed by atoms with van der Waals surface area (Å²) in [6, 6.07) is 13.5. The van der Waals surface area contributed by atoms with Gasteiger partial charge in [0.2, 0.25) is 12.3 Å². The van der Waals surface area contributed by atoms with Crippen LogP contribution in [0.1, 0.15) is 58.4 Å². The van der Waals surface area contributed by atoms with Crippen molar-refractivity contribution >= 4 is 40.0 Å². The first-order valence-electron chi connectivity index (χ1n) is 13.9. The quantitative estimate of drug-likeness (QED) is 0.234. The van der Waals surface area contributed by atoms with Crippen molar-refractivity contribution in [2.24, 2.45) is 5.92 Å². The number of hydrogen-bond acceptors (Lipinski definition) is 7. The number of H-pyrrole nitrogens is 1. The minimum atomic E-state index is -0.713. The molecule has 3 aromatic rings. The summed E-state index contributed by atoms with van der Waals surface area (Å²) in [5.41, 5.74) is 1.70. The highest BCUT2D eigenvalue weighted by molar-refractivity contribution is 9.10. The summed E-state index contributed by atoms with van der Waals surface area (Å²) in [6.45, 7) is 6.42. The number of aromatic amines is 1. The van der Waals surface area contributed by atoms with E-state index in [4.69, 9.17) is 4.74 Å². The van der Waals surface area contributed by atoms with Gasteiger partial charge in [-0.05, 0) is 81.5 Å². The summed E-state index contributed by atoms with van der Waals surface area (Å²) in [4.78, 5) is 48.2. The van der Waals surface area contributed by atoms with Gasteiger partial charge < -0.3 is 20.7 Å². The Hall–Kier alpha value is -3.93. The summed E-state index contributed by atoms with van der Waals surface area (Å²) < 4.78 is 10.6. The molecule has 1 heterocycles. The van der Waals surface area contributed by atoms with Gasteiger partial charge in [0.15, 0.2) is 5.82 Å². The van der Waals surface area contributed by atoms with Gasteiger partial charge in [-0.1, -0.05) is 52.5 Å². The van der Waals surface area contributed by atoms with Crippen molar-refractivity contribution in [1.82, 2.24) is 20.8 Å². The lowest BCUT2D eigenvalue weighted by Gasteiger charge is -2.24. The second-order valence-corrected chi connectivity index (χ2v) is 12.0. The molecule has 1 saturated carbocycles. The van der Waals surface area contributed by atoms with Crippen molar-refractivity contribution < 1.29 is 23.6 Å². The lowest BCUT2D eigenvalue weighted by molar-refractivity contribution is -0.121. The fourth-order valence-electron chi connectivity index (χ4n) is 4.39. The summed E-state index contributed by atoms with van der Waals surface area (Å²) in [7, 11) is 0. The van der Waals surface area contributed by atoms with Crippen LogP contribution in [0.4, 0.5) is 10.5 Å². The van der Waals surface area contributed by atoms with Crippen molar-refractivity contribution in [3.8, 4) is 11.4 Å². The smallest absolute Gasteiger partial charge is 0.439 e. The van der Waals surface area contributed by atoms with Crippen LogP contribution in [-0.4, -0.2) is 46.7 Å². The van der Waals surface area contributed by atoms with Gasteiger partial charge in [0.1, 0.15) is 11.6 Å². The SMILES string of the molecule is CC(C)(C)OC(=O)NCC1CCCCC1.O=CN[C@@H](Cc1ccc(Br)cc1)C(=O)Nc1ccc(-c2noc(=O)[nH]2)cc1. The van der Waals surface area contributed by atoms with E-state index in [1.807, 2.05) is 45.0 Å². The van der Waals surface area contributed by atoms with Gasteiger partial charge in [-0.15, -0.1) is 0 Å². The van der Waals surface area contributed by atoms with E-state index >= 15 is 0 Å². The maximum Gasteiger partial charge on any atom is 0.439 e. The average Bonchev–Trinajstić information content (AvgIpc) is 3.39. The molecule has 1 aliphatic rings. The largest absolute Gasteiger partial charge is 0.444 e. The number of amides is 3. The highest BCUT2D eigenvalue weighted by atomic mass is 79.9. The third-order valence-electron chi connectivity index (χ3n) is 6.46. The zero-order chi connectivity index (χ0) is 30.5. The number of benzene rings is 2. The number of nitrogens with zero attached hydrogens (tertiary/aromatic N) is 1. The van der Waals surface area contributed by atoms with E-state index in [9.17, 15) is 19.2 Å². The lowest BCUT2D eigenvalue weighted by Crippen LogP contribution is -2.41. The summed E-state index contributed by atoms with van der Waals surface area (Å²) in [6.07, 6.45) is 7.03. The molecule has 12 heteroatoms. The highest BCUT2D eigenvalue weighted by Crippen LogP contribution is 2.23. The molecule has 4 N–H and O–H groups in total. The minimum Gasteiger partial charge on any atom is -0.444 e. The van der Waals surface area contributed by atoms with Crippen molar-refractivity contribution in [1.29, 1.82) is 0 Å². The number of anilines is 1. The van der Waals surface area contributed by atoms with Crippen molar-refractivity contribution in [3.63, 3.8) is 0 Å². The Morgan fingerprint density at radius 2 is 1.76 bits per heavy atom. The molecule has 0 spiro atoms. The third-order valence-corrected chi connectivity index (χ3v) is 6.99. The second-order valence-electron chi connectivity index (χ2n) is 11.1. The first-order valence-corrected chi connectivity index (χ1v) is 14.7. The molecule has 2 aromatic carbocycles. The molecule has 0 radical (unpaired) electrons. The van der Waals surface area contributed by atoms with Gasteiger partial charge in [-0.3, -0.25) is 19.1 Å². The van der Waals surface area contributed by atoms with Gasteiger partial charge in [0.05, 0.1) is 0 Å². The first-order chi connectivity index (χ1) is 20.0. The minimum absolute atomic E-state index is 0.284. The van der Waals surface area contributed by atoms with E-state index in [-0.39, 0.29) is 12.0 Å². The Bertz CT molecular complexity index is 1340. The molecule has 11 nitrogen and oxygen atoms in total. The standard InChI is InChI=1S/C18H15BrN4O4.C12H23NO2/c19-13-5-1-11(2-6-13)9-15(20-10-24)17(25)21-14-7-3-12(4-8-14)16-22-18(26)27-23-16;1-12(2,3)15-11(14)13-9-10-7-5-4-6-8-10/h1-8,10,15H,9H2,(H,20,24)(H,21,25)(H,22,23,26);10H,4-9H2,1-3H3,(H,13,14)/t15-;/m0./s1. The highest BCUT2D eigenvalue weighted by Gasteiger charge is 2.20. The van der Waals surface area contributed by atoms with Crippen LogP contribution in [0.15, 0.2) is 62.3 Å². The predicted octanol–water partition coefficient (Wildman–Crippen LogP) is 5.18.